The number of carbonyl (C=O) groups is 1. The van der Waals surface area contributed by atoms with E-state index in [0.717, 1.165) is 43.9 Å². The molecule has 0 unspecified atom stereocenters. The molecule has 0 N–H and O–H groups in total. The van der Waals surface area contributed by atoms with Crippen LogP contribution in [0.15, 0.2) is 48.5 Å². The Hall–Kier alpha value is -1.91. The third kappa shape index (κ3) is 4.56. The highest BCUT2D eigenvalue weighted by Gasteiger charge is 2.21. The summed E-state index contributed by atoms with van der Waals surface area (Å²) in [6, 6.07) is 14.0. The first kappa shape index (κ1) is 16.9. The van der Waals surface area contributed by atoms with Gasteiger partial charge in [-0.25, -0.2) is 4.39 Å². The highest BCUT2D eigenvalue weighted by molar-refractivity contribution is 6.30. The van der Waals surface area contributed by atoms with Gasteiger partial charge in [0.15, 0.2) is 0 Å². The number of nitrogens with zero attached hydrogens (tertiary/aromatic N) is 2. The molecular weight excluding hydrogens is 327 g/mol. The lowest BCUT2D eigenvalue weighted by Gasteiger charge is -2.34. The van der Waals surface area contributed by atoms with Crippen molar-refractivity contribution in [2.45, 2.75) is 13.0 Å². The molecule has 1 aliphatic rings. The molecule has 0 spiro atoms. The molecule has 3 nitrogen and oxygen atoms in total. The molecular formula is C19H20ClFN2O. The van der Waals surface area contributed by atoms with Gasteiger partial charge in [-0.15, -0.1) is 0 Å². The third-order valence-corrected chi connectivity index (χ3v) is 4.57. The second-order valence-electron chi connectivity index (χ2n) is 6.09. The number of hydrogen-bond donors (Lipinski definition) is 0. The van der Waals surface area contributed by atoms with Gasteiger partial charge >= 0.3 is 0 Å². The Morgan fingerprint density at radius 1 is 0.917 bits per heavy atom. The minimum absolute atomic E-state index is 0.152. The summed E-state index contributed by atoms with van der Waals surface area (Å²) in [5.74, 6) is -0.0601. The maximum Gasteiger partial charge on any atom is 0.227 e. The summed E-state index contributed by atoms with van der Waals surface area (Å²) in [5.41, 5.74) is 2.08. The van der Waals surface area contributed by atoms with Crippen LogP contribution in [0.5, 0.6) is 0 Å². The molecule has 1 heterocycles. The molecule has 1 amide bonds. The number of hydrogen-bond acceptors (Lipinski definition) is 2. The average Bonchev–Trinajstić information content (AvgIpc) is 2.59. The second-order valence-corrected chi connectivity index (χ2v) is 6.52. The Kier molecular flexibility index (Phi) is 5.48. The Morgan fingerprint density at radius 3 is 2.12 bits per heavy atom. The molecule has 0 aliphatic carbocycles. The van der Waals surface area contributed by atoms with Crippen LogP contribution in [0, 0.1) is 5.82 Å². The molecule has 24 heavy (non-hydrogen) atoms. The Morgan fingerprint density at radius 2 is 1.50 bits per heavy atom. The van der Waals surface area contributed by atoms with Gasteiger partial charge in [0.2, 0.25) is 5.91 Å². The molecule has 1 aliphatic heterocycles. The van der Waals surface area contributed by atoms with Crippen molar-refractivity contribution in [1.82, 2.24) is 9.80 Å². The van der Waals surface area contributed by atoms with Crippen molar-refractivity contribution in [2.75, 3.05) is 26.2 Å². The van der Waals surface area contributed by atoms with Gasteiger partial charge in [-0.05, 0) is 35.4 Å². The summed E-state index contributed by atoms with van der Waals surface area (Å²) >= 11 is 5.87. The summed E-state index contributed by atoms with van der Waals surface area (Å²) in [4.78, 5) is 16.6. The van der Waals surface area contributed by atoms with Gasteiger partial charge in [0, 0.05) is 37.7 Å². The second kappa shape index (κ2) is 7.77. The maximum absolute atomic E-state index is 12.9. The van der Waals surface area contributed by atoms with Crippen LogP contribution in [-0.4, -0.2) is 41.9 Å². The van der Waals surface area contributed by atoms with Gasteiger partial charge in [-0.1, -0.05) is 35.9 Å². The predicted molar refractivity (Wildman–Crippen MR) is 93.4 cm³/mol. The molecule has 1 saturated heterocycles. The van der Waals surface area contributed by atoms with Crippen LogP contribution in [0.2, 0.25) is 5.02 Å². The highest BCUT2D eigenvalue weighted by Crippen LogP contribution is 2.13. The SMILES string of the molecule is O=C(Cc1ccc(Cl)cc1)N1CCN(Cc2ccc(F)cc2)CC1. The van der Waals surface area contributed by atoms with Crippen LogP contribution in [0.3, 0.4) is 0 Å². The lowest BCUT2D eigenvalue weighted by Crippen LogP contribution is -2.48. The van der Waals surface area contributed by atoms with Gasteiger partial charge < -0.3 is 4.90 Å². The summed E-state index contributed by atoms with van der Waals surface area (Å²) in [5, 5.41) is 0.681. The number of carbonyl (C=O) groups excluding carboxylic acids is 1. The zero-order chi connectivity index (χ0) is 16.9. The predicted octanol–water partition coefficient (Wildman–Crippen LogP) is 3.37. The van der Waals surface area contributed by atoms with Crippen LogP contribution >= 0.6 is 11.6 Å². The first-order chi connectivity index (χ1) is 11.6. The summed E-state index contributed by atoms with van der Waals surface area (Å²) in [6.45, 7) is 3.92. The molecule has 0 aromatic heterocycles. The minimum Gasteiger partial charge on any atom is -0.340 e. The quantitative estimate of drug-likeness (QED) is 0.847. The third-order valence-electron chi connectivity index (χ3n) is 4.31. The lowest BCUT2D eigenvalue weighted by atomic mass is 10.1. The van der Waals surface area contributed by atoms with Crippen LogP contribution in [-0.2, 0) is 17.8 Å². The van der Waals surface area contributed by atoms with E-state index in [9.17, 15) is 9.18 Å². The molecule has 2 aromatic rings. The Labute approximate surface area is 146 Å². The van der Waals surface area contributed by atoms with Crippen molar-refractivity contribution in [3.8, 4) is 0 Å². The molecule has 3 rings (SSSR count). The summed E-state index contributed by atoms with van der Waals surface area (Å²) in [6.07, 6.45) is 0.412. The highest BCUT2D eigenvalue weighted by atomic mass is 35.5. The zero-order valence-electron chi connectivity index (χ0n) is 13.4. The van der Waals surface area contributed by atoms with Gasteiger partial charge in [0.05, 0.1) is 6.42 Å². The van der Waals surface area contributed by atoms with Crippen molar-refractivity contribution in [1.29, 1.82) is 0 Å². The number of amides is 1. The first-order valence-electron chi connectivity index (χ1n) is 8.09. The molecule has 0 radical (unpaired) electrons. The number of rotatable bonds is 4. The van der Waals surface area contributed by atoms with Crippen molar-refractivity contribution in [3.05, 3.63) is 70.5 Å². The monoisotopic (exact) mass is 346 g/mol. The average molecular weight is 347 g/mol. The Bertz CT molecular complexity index is 680. The summed E-state index contributed by atoms with van der Waals surface area (Å²) < 4.78 is 12.9. The van der Waals surface area contributed by atoms with Gasteiger partial charge in [-0.2, -0.15) is 0 Å². The van der Waals surface area contributed by atoms with E-state index in [1.807, 2.05) is 41.3 Å². The zero-order valence-corrected chi connectivity index (χ0v) is 14.2. The van der Waals surface area contributed by atoms with Crippen molar-refractivity contribution in [2.24, 2.45) is 0 Å². The van der Waals surface area contributed by atoms with Crippen LogP contribution in [0.1, 0.15) is 11.1 Å². The summed E-state index contributed by atoms with van der Waals surface area (Å²) in [7, 11) is 0. The fourth-order valence-electron chi connectivity index (χ4n) is 2.89. The van der Waals surface area contributed by atoms with Gasteiger partial charge in [0.25, 0.3) is 0 Å². The molecule has 0 bridgehead atoms. The molecule has 0 atom stereocenters. The van der Waals surface area contributed by atoms with Gasteiger partial charge in [-0.3, -0.25) is 9.69 Å². The minimum atomic E-state index is -0.212. The van der Waals surface area contributed by atoms with E-state index in [-0.39, 0.29) is 11.7 Å². The standard InChI is InChI=1S/C19H20ClFN2O/c20-17-5-1-15(2-6-17)13-19(24)23-11-9-22(10-12-23)14-16-3-7-18(21)8-4-16/h1-8H,9-14H2. The molecule has 2 aromatic carbocycles. The molecule has 0 saturated carbocycles. The van der Waals surface area contributed by atoms with Crippen molar-refractivity contribution in [3.63, 3.8) is 0 Å². The number of benzene rings is 2. The van der Waals surface area contributed by atoms with E-state index in [1.165, 1.54) is 12.1 Å². The fraction of sp³-hybridized carbons (Fsp3) is 0.316. The van der Waals surface area contributed by atoms with Crippen molar-refractivity contribution < 1.29 is 9.18 Å². The normalized spacial score (nSPS) is 15.5. The lowest BCUT2D eigenvalue weighted by molar-refractivity contribution is -0.132. The largest absolute Gasteiger partial charge is 0.340 e. The van der Waals surface area contributed by atoms with E-state index < -0.39 is 0 Å². The van der Waals surface area contributed by atoms with Crippen molar-refractivity contribution >= 4 is 17.5 Å². The topological polar surface area (TPSA) is 23.6 Å². The van der Waals surface area contributed by atoms with Crippen LogP contribution in [0.4, 0.5) is 4.39 Å². The number of piperazine rings is 1. The Balaban J connectivity index is 1.48. The fourth-order valence-corrected chi connectivity index (χ4v) is 3.02. The van der Waals surface area contributed by atoms with Crippen LogP contribution in [0.25, 0.3) is 0 Å². The maximum atomic E-state index is 12.9. The van der Waals surface area contributed by atoms with Gasteiger partial charge in [0.1, 0.15) is 5.82 Å². The van der Waals surface area contributed by atoms with E-state index in [0.29, 0.717) is 11.4 Å². The van der Waals surface area contributed by atoms with E-state index in [4.69, 9.17) is 11.6 Å². The molecule has 1 fully saturated rings. The molecule has 126 valence electrons. The smallest absolute Gasteiger partial charge is 0.227 e. The van der Waals surface area contributed by atoms with E-state index in [2.05, 4.69) is 4.90 Å². The number of halogens is 2. The van der Waals surface area contributed by atoms with E-state index >= 15 is 0 Å². The van der Waals surface area contributed by atoms with Crippen LogP contribution < -0.4 is 0 Å². The molecule has 5 heteroatoms. The first-order valence-corrected chi connectivity index (χ1v) is 8.47. The van der Waals surface area contributed by atoms with E-state index in [1.54, 1.807) is 0 Å².